The van der Waals surface area contributed by atoms with Gasteiger partial charge >= 0.3 is 6.03 Å². The number of anilines is 1. The number of amides is 3. The average molecular weight is 408 g/mol. The van der Waals surface area contributed by atoms with Crippen LogP contribution in [0.25, 0.3) is 10.7 Å². The molecule has 0 bridgehead atoms. The number of likely N-dealkylation sites (tertiary alicyclic amines) is 1. The fourth-order valence-corrected chi connectivity index (χ4v) is 3.91. The van der Waals surface area contributed by atoms with Crippen molar-refractivity contribution in [1.29, 1.82) is 0 Å². The second kappa shape index (κ2) is 8.78. The molecule has 1 fully saturated rings. The number of hydrogen-bond acceptors (Lipinski definition) is 6. The number of rotatable bonds is 6. The minimum atomic E-state index is -0.394. The molecule has 2 N–H and O–H groups in total. The van der Waals surface area contributed by atoms with Gasteiger partial charge in [0.15, 0.2) is 5.01 Å². The summed E-state index contributed by atoms with van der Waals surface area (Å²) in [5, 5.41) is 14.8. The molecule has 3 amide bonds. The zero-order valence-electron chi connectivity index (χ0n) is 15.6. The number of carbonyl (C=O) groups is 2. The Hall–Kier alpha value is -3.33. The summed E-state index contributed by atoms with van der Waals surface area (Å²) < 4.78 is 0. The van der Waals surface area contributed by atoms with Gasteiger partial charge in [0.1, 0.15) is 5.69 Å². The zero-order valence-corrected chi connectivity index (χ0v) is 16.4. The topological polar surface area (TPSA) is 100 Å². The van der Waals surface area contributed by atoms with E-state index >= 15 is 0 Å². The van der Waals surface area contributed by atoms with Crippen LogP contribution < -0.4 is 10.6 Å². The molecule has 3 heterocycles. The predicted molar refractivity (Wildman–Crippen MR) is 110 cm³/mol. The van der Waals surface area contributed by atoms with E-state index in [4.69, 9.17) is 0 Å². The maximum Gasteiger partial charge on any atom is 0.321 e. The molecular weight excluding hydrogens is 388 g/mol. The van der Waals surface area contributed by atoms with Crippen LogP contribution in [0.3, 0.4) is 0 Å². The van der Waals surface area contributed by atoms with Gasteiger partial charge in [0, 0.05) is 25.7 Å². The van der Waals surface area contributed by atoms with Gasteiger partial charge in [-0.1, -0.05) is 47.7 Å². The van der Waals surface area contributed by atoms with E-state index in [9.17, 15) is 9.59 Å². The highest BCUT2D eigenvalue weighted by atomic mass is 32.1. The van der Waals surface area contributed by atoms with Crippen molar-refractivity contribution < 1.29 is 9.59 Å². The molecule has 2 aromatic heterocycles. The molecule has 9 heteroatoms. The minimum absolute atomic E-state index is 0.122. The van der Waals surface area contributed by atoms with Crippen molar-refractivity contribution in [2.24, 2.45) is 0 Å². The van der Waals surface area contributed by atoms with Crippen LogP contribution in [0, 0.1) is 0 Å². The Labute approximate surface area is 172 Å². The first kappa shape index (κ1) is 19.0. The number of aromatic nitrogens is 3. The summed E-state index contributed by atoms with van der Waals surface area (Å²) in [6.07, 6.45) is 3.10. The summed E-state index contributed by atoms with van der Waals surface area (Å²) >= 11 is 1.25. The lowest BCUT2D eigenvalue weighted by Crippen LogP contribution is -2.40. The second-order valence-electron chi connectivity index (χ2n) is 6.63. The first-order valence-corrected chi connectivity index (χ1v) is 10.2. The number of nitrogens with zero attached hydrogens (tertiary/aromatic N) is 4. The van der Waals surface area contributed by atoms with Crippen molar-refractivity contribution in [2.75, 3.05) is 18.4 Å². The molecule has 29 heavy (non-hydrogen) atoms. The van der Waals surface area contributed by atoms with Gasteiger partial charge in [-0.3, -0.25) is 15.1 Å². The number of carbonyl (C=O) groups excluding carboxylic acids is 2. The molecule has 1 aromatic carbocycles. The molecule has 0 spiro atoms. The molecule has 4 rings (SSSR count). The first-order chi connectivity index (χ1) is 14.2. The highest BCUT2D eigenvalue weighted by Crippen LogP contribution is 2.24. The standard InChI is InChI=1S/C20H20N6O2S/c27-17-10-6-12-26(17)13-16(14-7-2-1-3-8-14)22-19(28)23-20-25-24-18(29-20)15-9-4-5-11-21-15/h1-5,7-9,11,16H,6,10,12-13H2,(H2,22,23,25,28). The summed E-state index contributed by atoms with van der Waals surface area (Å²) in [4.78, 5) is 30.7. The van der Waals surface area contributed by atoms with Gasteiger partial charge in [0.2, 0.25) is 11.0 Å². The van der Waals surface area contributed by atoms with E-state index in [0.29, 0.717) is 28.8 Å². The molecule has 1 unspecified atom stereocenters. The van der Waals surface area contributed by atoms with E-state index < -0.39 is 6.03 Å². The largest absolute Gasteiger partial charge is 0.340 e. The molecule has 1 aliphatic rings. The molecule has 3 aromatic rings. The van der Waals surface area contributed by atoms with E-state index in [1.54, 1.807) is 11.1 Å². The Morgan fingerprint density at radius 1 is 1.14 bits per heavy atom. The fourth-order valence-electron chi connectivity index (χ4n) is 3.20. The van der Waals surface area contributed by atoms with Gasteiger partial charge in [0.05, 0.1) is 6.04 Å². The smallest absolute Gasteiger partial charge is 0.321 e. The van der Waals surface area contributed by atoms with Gasteiger partial charge in [0.25, 0.3) is 0 Å². The Morgan fingerprint density at radius 2 is 1.97 bits per heavy atom. The summed E-state index contributed by atoms with van der Waals surface area (Å²) in [6, 6.07) is 14.4. The number of urea groups is 1. The monoisotopic (exact) mass is 408 g/mol. The predicted octanol–water partition coefficient (Wildman–Crippen LogP) is 3.09. The summed E-state index contributed by atoms with van der Waals surface area (Å²) in [7, 11) is 0. The van der Waals surface area contributed by atoms with Crippen molar-refractivity contribution >= 4 is 28.4 Å². The molecule has 8 nitrogen and oxygen atoms in total. The van der Waals surface area contributed by atoms with Crippen molar-refractivity contribution in [3.63, 3.8) is 0 Å². The number of pyridine rings is 1. The maximum atomic E-state index is 12.6. The Balaban J connectivity index is 1.44. The van der Waals surface area contributed by atoms with Crippen molar-refractivity contribution in [3.05, 3.63) is 60.3 Å². The molecule has 1 atom stereocenters. The SMILES string of the molecule is O=C(Nc1nnc(-c2ccccn2)s1)NC(CN1CCCC1=O)c1ccccc1. The third kappa shape index (κ3) is 4.75. The van der Waals surface area contributed by atoms with Crippen molar-refractivity contribution in [1.82, 2.24) is 25.4 Å². The molecule has 0 aliphatic carbocycles. The van der Waals surface area contributed by atoms with E-state index in [-0.39, 0.29) is 11.9 Å². The second-order valence-corrected chi connectivity index (χ2v) is 7.61. The summed E-state index contributed by atoms with van der Waals surface area (Å²) in [6.45, 7) is 1.15. The average Bonchev–Trinajstić information content (AvgIpc) is 3.38. The van der Waals surface area contributed by atoms with Gasteiger partial charge in [-0.05, 0) is 24.1 Å². The number of nitrogens with one attached hydrogen (secondary N) is 2. The van der Waals surface area contributed by atoms with Crippen molar-refractivity contribution in [3.8, 4) is 10.7 Å². The first-order valence-electron chi connectivity index (χ1n) is 9.34. The van der Waals surface area contributed by atoms with Crippen LogP contribution in [0.2, 0.25) is 0 Å². The molecule has 148 valence electrons. The van der Waals surface area contributed by atoms with Crippen LogP contribution in [-0.4, -0.2) is 45.1 Å². The highest BCUT2D eigenvalue weighted by molar-refractivity contribution is 7.18. The number of benzene rings is 1. The normalized spacial score (nSPS) is 14.6. The third-order valence-electron chi connectivity index (χ3n) is 4.61. The van der Waals surface area contributed by atoms with E-state index in [2.05, 4.69) is 25.8 Å². The Morgan fingerprint density at radius 3 is 2.69 bits per heavy atom. The third-order valence-corrected chi connectivity index (χ3v) is 5.47. The van der Waals surface area contributed by atoms with Crippen LogP contribution in [0.4, 0.5) is 9.93 Å². The molecule has 1 aliphatic heterocycles. The molecule has 0 saturated carbocycles. The lowest BCUT2D eigenvalue weighted by Gasteiger charge is -2.25. The van der Waals surface area contributed by atoms with Crippen LogP contribution in [0.15, 0.2) is 54.7 Å². The Kier molecular flexibility index (Phi) is 5.76. The molecule has 0 radical (unpaired) electrons. The van der Waals surface area contributed by atoms with Crippen molar-refractivity contribution in [2.45, 2.75) is 18.9 Å². The molecular formula is C20H20N6O2S. The lowest BCUT2D eigenvalue weighted by molar-refractivity contribution is -0.128. The van der Waals surface area contributed by atoms with Crippen LogP contribution in [-0.2, 0) is 4.79 Å². The Bertz CT molecular complexity index is 979. The van der Waals surface area contributed by atoms with Gasteiger partial charge in [-0.15, -0.1) is 10.2 Å². The fraction of sp³-hybridized carbons (Fsp3) is 0.250. The minimum Gasteiger partial charge on any atom is -0.340 e. The highest BCUT2D eigenvalue weighted by Gasteiger charge is 2.25. The van der Waals surface area contributed by atoms with Crippen LogP contribution >= 0.6 is 11.3 Å². The van der Waals surface area contributed by atoms with E-state index in [1.165, 1.54) is 11.3 Å². The quantitative estimate of drug-likeness (QED) is 0.653. The van der Waals surface area contributed by atoms with Crippen LogP contribution in [0.5, 0.6) is 0 Å². The number of hydrogen-bond donors (Lipinski definition) is 2. The van der Waals surface area contributed by atoms with Crippen LogP contribution in [0.1, 0.15) is 24.4 Å². The van der Waals surface area contributed by atoms with Gasteiger partial charge in [-0.25, -0.2) is 4.79 Å². The van der Waals surface area contributed by atoms with E-state index in [1.807, 2.05) is 48.5 Å². The maximum absolute atomic E-state index is 12.6. The summed E-state index contributed by atoms with van der Waals surface area (Å²) in [5.41, 5.74) is 1.64. The molecule has 1 saturated heterocycles. The van der Waals surface area contributed by atoms with Gasteiger partial charge < -0.3 is 10.2 Å². The summed E-state index contributed by atoms with van der Waals surface area (Å²) in [5.74, 6) is 0.122. The van der Waals surface area contributed by atoms with E-state index in [0.717, 1.165) is 18.5 Å². The van der Waals surface area contributed by atoms with Gasteiger partial charge in [-0.2, -0.15) is 0 Å². The zero-order chi connectivity index (χ0) is 20.1. The lowest BCUT2D eigenvalue weighted by atomic mass is 10.1.